The standard InChI is InChI=1S/C12H23BN2O2Si/c1-11(2)12(3,4)17-13(16-11)10-8-15(9-14-10)18(5,6)7/h8-9H,1-7H3/i8D,9D. The summed E-state index contributed by atoms with van der Waals surface area (Å²) in [6.45, 7) is 14.1. The molecular weight excluding hydrogens is 243 g/mol. The Labute approximate surface area is 114 Å². The van der Waals surface area contributed by atoms with E-state index in [0.29, 0.717) is 5.59 Å². The first-order valence-electron chi connectivity index (χ1n) is 7.29. The largest absolute Gasteiger partial charge is 0.516 e. The number of hydrogen-bond donors (Lipinski definition) is 0. The van der Waals surface area contributed by atoms with Gasteiger partial charge in [-0.15, -0.1) is 0 Å². The lowest BCUT2D eigenvalue weighted by molar-refractivity contribution is 0.00578. The predicted molar refractivity (Wildman–Crippen MR) is 76.7 cm³/mol. The highest BCUT2D eigenvalue weighted by Gasteiger charge is 2.52. The van der Waals surface area contributed by atoms with Gasteiger partial charge in [-0.25, -0.2) is 4.98 Å². The Kier molecular flexibility index (Phi) is 2.47. The van der Waals surface area contributed by atoms with Crippen LogP contribution in [0, 0.1) is 0 Å². The van der Waals surface area contributed by atoms with Crippen LogP contribution in [0.3, 0.4) is 0 Å². The Balaban J connectivity index is 2.43. The van der Waals surface area contributed by atoms with Crippen LogP contribution in [-0.4, -0.2) is 35.8 Å². The smallest absolute Gasteiger partial charge is 0.398 e. The van der Waals surface area contributed by atoms with Gasteiger partial charge in [-0.3, -0.25) is 0 Å². The fraction of sp³-hybridized carbons (Fsp3) is 0.750. The van der Waals surface area contributed by atoms with Crippen LogP contribution in [0.4, 0.5) is 0 Å². The van der Waals surface area contributed by atoms with Gasteiger partial charge < -0.3 is 13.5 Å². The summed E-state index contributed by atoms with van der Waals surface area (Å²) in [5, 5.41) is 0. The molecule has 2 rings (SSSR count). The zero-order valence-electron chi connectivity index (χ0n) is 14.3. The van der Waals surface area contributed by atoms with Crippen molar-refractivity contribution in [1.29, 1.82) is 0 Å². The van der Waals surface area contributed by atoms with Crippen LogP contribution in [0.25, 0.3) is 0 Å². The lowest BCUT2D eigenvalue weighted by Crippen LogP contribution is -2.41. The molecule has 0 bridgehead atoms. The van der Waals surface area contributed by atoms with Crippen LogP contribution in [0.15, 0.2) is 12.5 Å². The summed E-state index contributed by atoms with van der Waals surface area (Å²) in [4.78, 5) is 4.22. The maximum Gasteiger partial charge on any atom is 0.516 e. The van der Waals surface area contributed by atoms with E-state index in [4.69, 9.17) is 12.1 Å². The van der Waals surface area contributed by atoms with E-state index in [1.165, 1.54) is 0 Å². The first-order chi connectivity index (χ1) is 8.87. The first kappa shape index (κ1) is 11.3. The van der Waals surface area contributed by atoms with Gasteiger partial charge in [0.2, 0.25) is 0 Å². The second-order valence-corrected chi connectivity index (χ2v) is 11.6. The maximum atomic E-state index is 8.30. The van der Waals surface area contributed by atoms with E-state index >= 15 is 0 Å². The van der Waals surface area contributed by atoms with Crippen molar-refractivity contribution >= 4 is 20.9 Å². The molecule has 0 saturated carbocycles. The molecule has 18 heavy (non-hydrogen) atoms. The van der Waals surface area contributed by atoms with Crippen molar-refractivity contribution in [2.45, 2.75) is 58.5 Å². The topological polar surface area (TPSA) is 36.3 Å². The molecule has 1 aliphatic rings. The van der Waals surface area contributed by atoms with Crippen LogP contribution in [0.1, 0.15) is 30.4 Å². The van der Waals surface area contributed by atoms with Crippen molar-refractivity contribution < 1.29 is 12.1 Å². The SMILES string of the molecule is [2H]c1nc(B2OC(C)(C)C(C)(C)O2)c([2H])n1[Si](C)(C)C. The molecule has 0 aromatic carbocycles. The molecule has 0 aliphatic carbocycles. The molecule has 1 aliphatic heterocycles. The molecule has 1 saturated heterocycles. The normalized spacial score (nSPS) is 24.1. The van der Waals surface area contributed by atoms with E-state index < -0.39 is 26.6 Å². The number of nitrogens with zero attached hydrogens (tertiary/aromatic N) is 2. The molecule has 100 valence electrons. The fourth-order valence-electron chi connectivity index (χ4n) is 1.65. The van der Waals surface area contributed by atoms with Gasteiger partial charge in [0.15, 0.2) is 8.24 Å². The van der Waals surface area contributed by atoms with Crippen molar-refractivity contribution in [2.24, 2.45) is 0 Å². The highest BCUT2D eigenvalue weighted by molar-refractivity contribution is 6.74. The molecule has 0 spiro atoms. The average molecular weight is 268 g/mol. The molecule has 0 unspecified atom stereocenters. The number of hydrogen-bond acceptors (Lipinski definition) is 3. The molecule has 1 fully saturated rings. The Hall–Kier alpha value is -0.588. The van der Waals surface area contributed by atoms with E-state index in [1.54, 1.807) is 4.23 Å². The Morgan fingerprint density at radius 1 is 1.22 bits per heavy atom. The van der Waals surface area contributed by atoms with E-state index in [9.17, 15) is 0 Å². The summed E-state index contributed by atoms with van der Waals surface area (Å²) < 4.78 is 29.9. The Morgan fingerprint density at radius 2 is 1.72 bits per heavy atom. The highest BCUT2D eigenvalue weighted by atomic mass is 28.3. The minimum Gasteiger partial charge on any atom is -0.398 e. The second kappa shape index (κ2) is 3.95. The van der Waals surface area contributed by atoms with E-state index in [0.717, 1.165) is 0 Å². The monoisotopic (exact) mass is 268 g/mol. The van der Waals surface area contributed by atoms with Crippen LogP contribution >= 0.6 is 0 Å². The highest BCUT2D eigenvalue weighted by Crippen LogP contribution is 2.36. The fourth-order valence-corrected chi connectivity index (χ4v) is 2.45. The maximum absolute atomic E-state index is 8.30. The summed E-state index contributed by atoms with van der Waals surface area (Å²) >= 11 is 0. The van der Waals surface area contributed by atoms with E-state index in [-0.39, 0.29) is 12.5 Å². The van der Waals surface area contributed by atoms with Gasteiger partial charge in [-0.1, -0.05) is 19.6 Å². The molecule has 6 heteroatoms. The summed E-state index contributed by atoms with van der Waals surface area (Å²) in [5.41, 5.74) is -0.513. The average Bonchev–Trinajstić information content (AvgIpc) is 2.60. The van der Waals surface area contributed by atoms with Gasteiger partial charge >= 0.3 is 7.12 Å². The third-order valence-corrected chi connectivity index (χ3v) is 5.20. The van der Waals surface area contributed by atoms with Gasteiger partial charge in [-0.2, -0.15) is 0 Å². The predicted octanol–water partition coefficient (Wildman–Crippen LogP) is 1.87. The zero-order chi connectivity index (χ0) is 15.5. The van der Waals surface area contributed by atoms with Crippen molar-refractivity contribution in [3.63, 3.8) is 0 Å². The Bertz CT molecular complexity index is 524. The van der Waals surface area contributed by atoms with Crippen molar-refractivity contribution in [1.82, 2.24) is 9.22 Å². The molecule has 1 aromatic rings. The second-order valence-electron chi connectivity index (χ2n) is 6.80. The molecular formula is C12H23BN2O2Si. The van der Waals surface area contributed by atoms with Gasteiger partial charge in [0.25, 0.3) is 0 Å². The third-order valence-electron chi connectivity index (χ3n) is 3.64. The molecule has 0 N–H and O–H groups in total. The van der Waals surface area contributed by atoms with Crippen molar-refractivity contribution in [2.75, 3.05) is 0 Å². The van der Waals surface area contributed by atoms with E-state index in [2.05, 4.69) is 24.6 Å². The van der Waals surface area contributed by atoms with Crippen molar-refractivity contribution in [3.8, 4) is 0 Å². The summed E-state index contributed by atoms with van der Waals surface area (Å²) in [7, 11) is -2.53. The lowest BCUT2D eigenvalue weighted by atomic mass is 9.86. The minimum atomic E-state index is -1.86. The zero-order valence-corrected chi connectivity index (χ0v) is 13.3. The third kappa shape index (κ3) is 2.29. The number of rotatable bonds is 2. The first-order valence-corrected chi connectivity index (χ1v) is 9.73. The summed E-state index contributed by atoms with van der Waals surface area (Å²) in [5.74, 6) is 0. The minimum absolute atomic E-state index is 0.124. The quantitative estimate of drug-likeness (QED) is 0.768. The summed E-state index contributed by atoms with van der Waals surface area (Å²) in [6, 6.07) is 0. The van der Waals surface area contributed by atoms with Crippen molar-refractivity contribution in [3.05, 3.63) is 12.5 Å². The molecule has 4 nitrogen and oxygen atoms in total. The van der Waals surface area contributed by atoms with Gasteiger partial charge in [0.05, 0.1) is 24.5 Å². The molecule has 0 radical (unpaired) electrons. The van der Waals surface area contributed by atoms with Gasteiger partial charge in [0, 0.05) is 6.17 Å². The van der Waals surface area contributed by atoms with Gasteiger partial charge in [-0.05, 0) is 27.7 Å². The number of aromatic nitrogens is 2. The Morgan fingerprint density at radius 3 is 2.11 bits per heavy atom. The van der Waals surface area contributed by atoms with Gasteiger partial charge in [0.1, 0.15) is 1.37 Å². The van der Waals surface area contributed by atoms with E-state index in [1.807, 2.05) is 27.7 Å². The molecule has 2 heterocycles. The van der Waals surface area contributed by atoms with Crippen LogP contribution < -0.4 is 5.59 Å². The van der Waals surface area contributed by atoms with Crippen LogP contribution in [0.2, 0.25) is 19.6 Å². The molecule has 1 aromatic heterocycles. The molecule has 0 amide bonds. The number of imidazole rings is 1. The van der Waals surface area contributed by atoms with Crippen LogP contribution in [0.5, 0.6) is 0 Å². The lowest BCUT2D eigenvalue weighted by Gasteiger charge is -2.32. The van der Waals surface area contributed by atoms with Crippen LogP contribution in [-0.2, 0) is 9.31 Å². The molecule has 0 atom stereocenters. The summed E-state index contributed by atoms with van der Waals surface area (Å²) in [6.07, 6.45) is 0.367.